The maximum absolute atomic E-state index is 12.0. The van der Waals surface area contributed by atoms with E-state index < -0.39 is 0 Å². The van der Waals surface area contributed by atoms with Crippen molar-refractivity contribution in [2.24, 2.45) is 0 Å². The zero-order chi connectivity index (χ0) is 17.2. The quantitative estimate of drug-likeness (QED) is 0.674. The molecule has 0 unspecified atom stereocenters. The van der Waals surface area contributed by atoms with Crippen LogP contribution in [0.3, 0.4) is 0 Å². The number of carbonyl (C=O) groups excluding carboxylic acids is 1. The van der Waals surface area contributed by atoms with Crippen LogP contribution in [-0.4, -0.2) is 31.7 Å². The Balaban J connectivity index is 1.45. The van der Waals surface area contributed by atoms with Crippen LogP contribution in [0.4, 0.5) is 0 Å². The zero-order valence-electron chi connectivity index (χ0n) is 13.7. The molecule has 128 valence electrons. The highest BCUT2D eigenvalue weighted by atomic mass is 32.2. The molecule has 1 aromatic carbocycles. The fourth-order valence-electron chi connectivity index (χ4n) is 2.41. The van der Waals surface area contributed by atoms with Crippen molar-refractivity contribution in [3.63, 3.8) is 0 Å². The van der Waals surface area contributed by atoms with E-state index >= 15 is 0 Å². The second-order valence-corrected chi connectivity index (χ2v) is 7.75. The average Bonchev–Trinajstić information content (AvgIpc) is 3.18. The predicted octanol–water partition coefficient (Wildman–Crippen LogP) is 3.22. The van der Waals surface area contributed by atoms with Crippen LogP contribution in [0.15, 0.2) is 40.9 Å². The van der Waals surface area contributed by atoms with Crippen molar-refractivity contribution in [3.05, 3.63) is 52.2 Å². The summed E-state index contributed by atoms with van der Waals surface area (Å²) < 4.78 is 2.03. The van der Waals surface area contributed by atoms with Gasteiger partial charge in [0.2, 0.25) is 0 Å². The van der Waals surface area contributed by atoms with Gasteiger partial charge in [0.25, 0.3) is 5.91 Å². The Hall–Kier alpha value is -2.19. The van der Waals surface area contributed by atoms with Gasteiger partial charge in [0.15, 0.2) is 5.16 Å². The predicted molar refractivity (Wildman–Crippen MR) is 98.3 cm³/mol. The van der Waals surface area contributed by atoms with E-state index in [9.17, 15) is 4.79 Å². The first-order valence-electron chi connectivity index (χ1n) is 8.06. The summed E-state index contributed by atoms with van der Waals surface area (Å²) in [5.41, 5.74) is 1.55. The van der Waals surface area contributed by atoms with Gasteiger partial charge in [-0.3, -0.25) is 9.36 Å². The lowest BCUT2D eigenvalue weighted by molar-refractivity contribution is 0.0946. The normalized spacial score (nSPS) is 13.8. The van der Waals surface area contributed by atoms with E-state index in [1.165, 1.54) is 11.3 Å². The van der Waals surface area contributed by atoms with E-state index in [0.29, 0.717) is 17.5 Å². The number of para-hydroxylation sites is 1. The number of thioether (sulfide) groups is 1. The maximum Gasteiger partial charge on any atom is 0.270 e. The molecule has 0 radical (unpaired) electrons. The van der Waals surface area contributed by atoms with E-state index in [1.807, 2.05) is 47.2 Å². The summed E-state index contributed by atoms with van der Waals surface area (Å²) >= 11 is 3.08. The highest BCUT2D eigenvalue weighted by Gasteiger charge is 2.24. The Morgan fingerprint density at radius 1 is 1.32 bits per heavy atom. The van der Waals surface area contributed by atoms with Crippen LogP contribution in [0, 0.1) is 6.92 Å². The number of thiazole rings is 1. The fourth-order valence-corrected chi connectivity index (χ4v) is 4.20. The molecule has 0 aliphatic heterocycles. The first kappa shape index (κ1) is 16.3. The third kappa shape index (κ3) is 3.74. The molecule has 1 aliphatic rings. The van der Waals surface area contributed by atoms with Crippen molar-refractivity contribution in [2.75, 3.05) is 0 Å². The minimum Gasteiger partial charge on any atom is -0.348 e. The maximum atomic E-state index is 12.0. The second-order valence-electron chi connectivity index (χ2n) is 5.86. The van der Waals surface area contributed by atoms with Gasteiger partial charge in [0, 0.05) is 17.1 Å². The van der Waals surface area contributed by atoms with Crippen LogP contribution < -0.4 is 5.32 Å². The minimum absolute atomic E-state index is 0.0710. The molecule has 1 amide bonds. The molecular weight excluding hydrogens is 354 g/mol. The standard InChI is InChI=1S/C17H17N5OS2/c1-11-20-21-17(22(11)13-5-3-2-4-6-13)25-10-15-19-14(9-24-15)16(23)18-12-7-8-12/h2-6,9,12H,7-8,10H2,1H3,(H,18,23). The van der Waals surface area contributed by atoms with Crippen LogP contribution in [-0.2, 0) is 5.75 Å². The summed E-state index contributed by atoms with van der Waals surface area (Å²) in [6.45, 7) is 1.94. The van der Waals surface area contributed by atoms with Crippen LogP contribution in [0.1, 0.15) is 34.2 Å². The molecule has 1 saturated carbocycles. The molecule has 0 bridgehead atoms. The first-order valence-corrected chi connectivity index (χ1v) is 9.93. The topological polar surface area (TPSA) is 72.7 Å². The molecule has 1 fully saturated rings. The Kier molecular flexibility index (Phi) is 4.54. The number of benzene rings is 1. The van der Waals surface area contributed by atoms with Crippen LogP contribution >= 0.6 is 23.1 Å². The lowest BCUT2D eigenvalue weighted by Gasteiger charge is -2.07. The molecule has 0 spiro atoms. The second kappa shape index (κ2) is 6.97. The number of aryl methyl sites for hydroxylation is 1. The molecule has 25 heavy (non-hydrogen) atoms. The van der Waals surface area contributed by atoms with Crippen molar-refractivity contribution in [1.82, 2.24) is 25.1 Å². The van der Waals surface area contributed by atoms with Gasteiger partial charge in [0.05, 0.1) is 5.75 Å². The molecule has 8 heteroatoms. The van der Waals surface area contributed by atoms with Crippen molar-refractivity contribution in [3.8, 4) is 5.69 Å². The van der Waals surface area contributed by atoms with Gasteiger partial charge < -0.3 is 5.32 Å². The van der Waals surface area contributed by atoms with Crippen molar-refractivity contribution < 1.29 is 4.79 Å². The van der Waals surface area contributed by atoms with Crippen LogP contribution in [0.2, 0.25) is 0 Å². The molecule has 3 aromatic rings. The number of rotatable bonds is 6. The molecule has 2 aromatic heterocycles. The number of aromatic nitrogens is 4. The Morgan fingerprint density at radius 2 is 2.12 bits per heavy atom. The summed E-state index contributed by atoms with van der Waals surface area (Å²) in [4.78, 5) is 16.5. The third-order valence-electron chi connectivity index (χ3n) is 3.83. The minimum atomic E-state index is -0.0710. The Bertz CT molecular complexity index is 886. The van der Waals surface area contributed by atoms with E-state index in [4.69, 9.17) is 0 Å². The van der Waals surface area contributed by atoms with Gasteiger partial charge in [-0.15, -0.1) is 21.5 Å². The third-order valence-corrected chi connectivity index (χ3v) is 5.80. The average molecular weight is 371 g/mol. The van der Waals surface area contributed by atoms with Gasteiger partial charge >= 0.3 is 0 Å². The monoisotopic (exact) mass is 371 g/mol. The SMILES string of the molecule is Cc1nnc(SCc2nc(C(=O)NC3CC3)cs2)n1-c1ccccc1. The largest absolute Gasteiger partial charge is 0.348 e. The summed E-state index contributed by atoms with van der Waals surface area (Å²) in [5.74, 6) is 1.43. The molecule has 0 atom stereocenters. The number of hydrogen-bond donors (Lipinski definition) is 1. The van der Waals surface area contributed by atoms with E-state index in [0.717, 1.165) is 34.5 Å². The van der Waals surface area contributed by atoms with Crippen molar-refractivity contribution >= 4 is 29.0 Å². The van der Waals surface area contributed by atoms with E-state index in [-0.39, 0.29) is 5.91 Å². The van der Waals surface area contributed by atoms with Gasteiger partial charge in [0.1, 0.15) is 16.5 Å². The van der Waals surface area contributed by atoms with Crippen molar-refractivity contribution in [1.29, 1.82) is 0 Å². The number of nitrogens with zero attached hydrogens (tertiary/aromatic N) is 4. The van der Waals surface area contributed by atoms with Crippen LogP contribution in [0.25, 0.3) is 5.69 Å². The highest BCUT2D eigenvalue weighted by Crippen LogP contribution is 2.26. The fraction of sp³-hybridized carbons (Fsp3) is 0.294. The van der Waals surface area contributed by atoms with Crippen molar-refractivity contribution in [2.45, 2.75) is 36.7 Å². The van der Waals surface area contributed by atoms with E-state index in [2.05, 4.69) is 20.5 Å². The lowest BCUT2D eigenvalue weighted by Crippen LogP contribution is -2.25. The Labute approximate surface area is 153 Å². The molecular formula is C17H17N5OS2. The summed E-state index contributed by atoms with van der Waals surface area (Å²) in [7, 11) is 0. The van der Waals surface area contributed by atoms with Gasteiger partial charge in [-0.1, -0.05) is 30.0 Å². The summed E-state index contributed by atoms with van der Waals surface area (Å²) in [5, 5.41) is 15.0. The first-order chi connectivity index (χ1) is 12.2. The smallest absolute Gasteiger partial charge is 0.270 e. The lowest BCUT2D eigenvalue weighted by atomic mass is 10.3. The van der Waals surface area contributed by atoms with Gasteiger partial charge in [-0.25, -0.2) is 4.98 Å². The summed E-state index contributed by atoms with van der Waals surface area (Å²) in [6, 6.07) is 10.4. The van der Waals surface area contributed by atoms with Crippen LogP contribution in [0.5, 0.6) is 0 Å². The number of nitrogens with one attached hydrogen (secondary N) is 1. The molecule has 1 N–H and O–H groups in total. The zero-order valence-corrected chi connectivity index (χ0v) is 15.3. The molecule has 0 saturated heterocycles. The number of amides is 1. The number of hydrogen-bond acceptors (Lipinski definition) is 6. The molecule has 6 nitrogen and oxygen atoms in total. The summed E-state index contributed by atoms with van der Waals surface area (Å²) in [6.07, 6.45) is 2.15. The molecule has 2 heterocycles. The van der Waals surface area contributed by atoms with Gasteiger partial charge in [-0.2, -0.15) is 0 Å². The molecule has 1 aliphatic carbocycles. The van der Waals surface area contributed by atoms with Gasteiger partial charge in [-0.05, 0) is 31.9 Å². The Morgan fingerprint density at radius 3 is 2.88 bits per heavy atom. The van der Waals surface area contributed by atoms with E-state index in [1.54, 1.807) is 11.8 Å². The highest BCUT2D eigenvalue weighted by molar-refractivity contribution is 7.98. The number of carbonyl (C=O) groups is 1. The molecule has 4 rings (SSSR count).